The van der Waals surface area contributed by atoms with E-state index >= 15 is 0 Å². The van der Waals surface area contributed by atoms with E-state index in [1.807, 2.05) is 24.3 Å². The molecule has 0 spiro atoms. The number of hydrogen-bond donors (Lipinski definition) is 2. The first kappa shape index (κ1) is 16.2. The smallest absolute Gasteiger partial charge is 0.312 e. The van der Waals surface area contributed by atoms with Crippen LogP contribution < -0.4 is 5.32 Å². The highest BCUT2D eigenvalue weighted by molar-refractivity contribution is 5.93. The third-order valence-corrected chi connectivity index (χ3v) is 3.19. The number of hydrogen-bond acceptors (Lipinski definition) is 3. The molecule has 0 aliphatic carbocycles. The number of amides is 1. The molecule has 0 unspecified atom stereocenters. The van der Waals surface area contributed by atoms with Gasteiger partial charge in [0.05, 0.1) is 0 Å². The highest BCUT2D eigenvalue weighted by Gasteiger charge is 2.09. The Kier molecular flexibility index (Phi) is 6.73. The number of benzene rings is 1. The number of rotatable bonds is 8. The van der Waals surface area contributed by atoms with Gasteiger partial charge in [-0.2, -0.15) is 0 Å². The molecule has 110 valence electrons. The van der Waals surface area contributed by atoms with Crippen molar-refractivity contribution in [2.45, 2.75) is 33.4 Å². The molecule has 0 radical (unpaired) electrons. The molecule has 5 heteroatoms. The first-order chi connectivity index (χ1) is 9.56. The lowest BCUT2D eigenvalue weighted by Gasteiger charge is -2.20. The number of nitrogens with zero attached hydrogens (tertiary/aromatic N) is 1. The average molecular weight is 278 g/mol. The molecule has 0 fully saturated rings. The fourth-order valence-electron chi connectivity index (χ4n) is 1.97. The highest BCUT2D eigenvalue weighted by Crippen LogP contribution is 2.11. The SMILES string of the molecule is CCN(CC)Cc1ccccc1CNC(=O)CC(=O)O. The number of carbonyl (C=O) groups excluding carboxylic acids is 1. The molecular weight excluding hydrogens is 256 g/mol. The highest BCUT2D eigenvalue weighted by atomic mass is 16.4. The van der Waals surface area contributed by atoms with E-state index in [9.17, 15) is 9.59 Å². The molecule has 2 N–H and O–H groups in total. The Morgan fingerprint density at radius 2 is 1.75 bits per heavy atom. The van der Waals surface area contributed by atoms with Crippen LogP contribution in [0.2, 0.25) is 0 Å². The molecule has 5 nitrogen and oxygen atoms in total. The number of carbonyl (C=O) groups is 2. The molecule has 0 saturated heterocycles. The Hall–Kier alpha value is -1.88. The van der Waals surface area contributed by atoms with Crippen molar-refractivity contribution in [2.24, 2.45) is 0 Å². The fourth-order valence-corrected chi connectivity index (χ4v) is 1.97. The van der Waals surface area contributed by atoms with E-state index in [2.05, 4.69) is 24.1 Å². The van der Waals surface area contributed by atoms with Gasteiger partial charge in [0.2, 0.25) is 5.91 Å². The lowest BCUT2D eigenvalue weighted by molar-refractivity contribution is -0.140. The van der Waals surface area contributed by atoms with Crippen molar-refractivity contribution in [1.29, 1.82) is 0 Å². The van der Waals surface area contributed by atoms with Gasteiger partial charge in [-0.05, 0) is 24.2 Å². The van der Waals surface area contributed by atoms with Crippen LogP contribution >= 0.6 is 0 Å². The summed E-state index contributed by atoms with van der Waals surface area (Å²) < 4.78 is 0. The summed E-state index contributed by atoms with van der Waals surface area (Å²) in [6.07, 6.45) is -0.488. The molecule has 0 aliphatic heterocycles. The number of carboxylic acids is 1. The van der Waals surface area contributed by atoms with Crippen LogP contribution in [-0.2, 0) is 22.7 Å². The molecule has 0 heterocycles. The third kappa shape index (κ3) is 5.40. The van der Waals surface area contributed by atoms with Crippen LogP contribution in [0.15, 0.2) is 24.3 Å². The molecule has 0 aliphatic rings. The Labute approximate surface area is 119 Å². The van der Waals surface area contributed by atoms with Crippen molar-refractivity contribution < 1.29 is 14.7 Å². The van der Waals surface area contributed by atoms with E-state index in [0.29, 0.717) is 6.54 Å². The predicted octanol–water partition coefficient (Wildman–Crippen LogP) is 1.62. The number of carboxylic acid groups (broad SMARTS) is 1. The minimum absolute atomic E-state index is 0.365. The molecule has 0 atom stereocenters. The van der Waals surface area contributed by atoms with Gasteiger partial charge in [0, 0.05) is 13.1 Å². The van der Waals surface area contributed by atoms with Crippen LogP contribution in [0.1, 0.15) is 31.4 Å². The lowest BCUT2D eigenvalue weighted by atomic mass is 10.1. The van der Waals surface area contributed by atoms with Gasteiger partial charge in [0.1, 0.15) is 6.42 Å². The monoisotopic (exact) mass is 278 g/mol. The van der Waals surface area contributed by atoms with Crippen LogP contribution in [0.5, 0.6) is 0 Å². The van der Waals surface area contributed by atoms with Gasteiger partial charge in [0.15, 0.2) is 0 Å². The number of aliphatic carboxylic acids is 1. The topological polar surface area (TPSA) is 69.6 Å². The largest absolute Gasteiger partial charge is 0.481 e. The molecule has 1 rings (SSSR count). The van der Waals surface area contributed by atoms with Crippen LogP contribution in [-0.4, -0.2) is 35.0 Å². The second-order valence-corrected chi connectivity index (χ2v) is 4.58. The molecule has 20 heavy (non-hydrogen) atoms. The van der Waals surface area contributed by atoms with Crippen molar-refractivity contribution in [3.8, 4) is 0 Å². The molecule has 0 aromatic heterocycles. The summed E-state index contributed by atoms with van der Waals surface area (Å²) in [5, 5.41) is 11.2. The predicted molar refractivity (Wildman–Crippen MR) is 77.2 cm³/mol. The quantitative estimate of drug-likeness (QED) is 0.709. The maximum absolute atomic E-state index is 11.4. The van der Waals surface area contributed by atoms with E-state index in [0.717, 1.165) is 30.8 Å². The van der Waals surface area contributed by atoms with Gasteiger partial charge in [-0.3, -0.25) is 14.5 Å². The van der Waals surface area contributed by atoms with Crippen molar-refractivity contribution >= 4 is 11.9 Å². The fraction of sp³-hybridized carbons (Fsp3) is 0.467. The maximum atomic E-state index is 11.4. The Balaban J connectivity index is 2.65. The third-order valence-electron chi connectivity index (χ3n) is 3.19. The normalized spacial score (nSPS) is 10.6. The zero-order valence-corrected chi connectivity index (χ0v) is 12.1. The summed E-state index contributed by atoms with van der Waals surface area (Å²) >= 11 is 0. The van der Waals surface area contributed by atoms with Gasteiger partial charge in [-0.1, -0.05) is 38.1 Å². The van der Waals surface area contributed by atoms with Gasteiger partial charge in [0.25, 0.3) is 0 Å². The standard InChI is InChI=1S/C15H22N2O3/c1-3-17(4-2)11-13-8-6-5-7-12(13)10-16-14(18)9-15(19)20/h5-8H,3-4,9-11H2,1-2H3,(H,16,18)(H,19,20). The van der Waals surface area contributed by atoms with Gasteiger partial charge >= 0.3 is 5.97 Å². The molecule has 1 aromatic rings. The summed E-state index contributed by atoms with van der Waals surface area (Å²) in [7, 11) is 0. The zero-order chi connectivity index (χ0) is 15.0. The Bertz CT molecular complexity index is 456. The summed E-state index contributed by atoms with van der Waals surface area (Å²) in [5.41, 5.74) is 2.19. The van der Waals surface area contributed by atoms with Crippen molar-refractivity contribution in [2.75, 3.05) is 13.1 Å². The summed E-state index contributed by atoms with van der Waals surface area (Å²) in [5.74, 6) is -1.57. The van der Waals surface area contributed by atoms with Gasteiger partial charge in [-0.15, -0.1) is 0 Å². The van der Waals surface area contributed by atoms with Crippen molar-refractivity contribution in [1.82, 2.24) is 10.2 Å². The van der Waals surface area contributed by atoms with Gasteiger partial charge in [-0.25, -0.2) is 0 Å². The van der Waals surface area contributed by atoms with Crippen LogP contribution in [0.3, 0.4) is 0 Å². The van der Waals surface area contributed by atoms with E-state index in [4.69, 9.17) is 5.11 Å². The first-order valence-corrected chi connectivity index (χ1v) is 6.84. The minimum atomic E-state index is -1.11. The van der Waals surface area contributed by atoms with Crippen LogP contribution in [0, 0.1) is 0 Å². The summed E-state index contributed by atoms with van der Waals surface area (Å²) in [4.78, 5) is 24.1. The van der Waals surface area contributed by atoms with Crippen molar-refractivity contribution in [3.63, 3.8) is 0 Å². The minimum Gasteiger partial charge on any atom is -0.481 e. The second kappa shape index (κ2) is 8.32. The first-order valence-electron chi connectivity index (χ1n) is 6.84. The van der Waals surface area contributed by atoms with Crippen molar-refractivity contribution in [3.05, 3.63) is 35.4 Å². The molecular formula is C15H22N2O3. The molecule has 0 bridgehead atoms. The maximum Gasteiger partial charge on any atom is 0.312 e. The second-order valence-electron chi connectivity index (χ2n) is 4.58. The molecule has 1 amide bonds. The average Bonchev–Trinajstić information content (AvgIpc) is 2.42. The zero-order valence-electron chi connectivity index (χ0n) is 12.1. The lowest BCUT2D eigenvalue weighted by Crippen LogP contribution is -2.27. The van der Waals surface area contributed by atoms with Crippen LogP contribution in [0.25, 0.3) is 0 Å². The van der Waals surface area contributed by atoms with E-state index in [-0.39, 0.29) is 0 Å². The van der Waals surface area contributed by atoms with E-state index in [1.54, 1.807) is 0 Å². The molecule has 0 saturated carbocycles. The van der Waals surface area contributed by atoms with Gasteiger partial charge < -0.3 is 10.4 Å². The van der Waals surface area contributed by atoms with E-state index in [1.165, 1.54) is 0 Å². The Morgan fingerprint density at radius 1 is 1.15 bits per heavy atom. The van der Waals surface area contributed by atoms with Crippen LogP contribution in [0.4, 0.5) is 0 Å². The Morgan fingerprint density at radius 3 is 2.30 bits per heavy atom. The molecule has 1 aromatic carbocycles. The number of nitrogens with one attached hydrogen (secondary N) is 1. The summed E-state index contributed by atoms with van der Waals surface area (Å²) in [6, 6.07) is 7.89. The van der Waals surface area contributed by atoms with E-state index < -0.39 is 18.3 Å². The summed E-state index contributed by atoms with van der Waals surface area (Å²) in [6.45, 7) is 7.36.